The van der Waals surface area contributed by atoms with Crippen LogP contribution in [-0.2, 0) is 9.47 Å². The zero-order valence-corrected chi connectivity index (χ0v) is 16.7. The van der Waals surface area contributed by atoms with Gasteiger partial charge in [-0.2, -0.15) is 4.90 Å². The summed E-state index contributed by atoms with van der Waals surface area (Å²) >= 11 is 8.90. The summed E-state index contributed by atoms with van der Waals surface area (Å²) in [6, 6.07) is 2.20. The molecule has 0 N–H and O–H groups in total. The third-order valence-electron chi connectivity index (χ3n) is 2.38. The van der Waals surface area contributed by atoms with Crippen LogP contribution in [0.15, 0.2) is 16.6 Å². The number of carbonyl (C=O) groups is 2. The first-order valence-electron chi connectivity index (χ1n) is 7.12. The van der Waals surface area contributed by atoms with E-state index in [0.29, 0.717) is 4.90 Å². The topological polar surface area (TPSA) is 55.8 Å². The van der Waals surface area contributed by atoms with E-state index in [-0.39, 0.29) is 15.2 Å². The Kier molecular flexibility index (Phi) is 6.27. The van der Waals surface area contributed by atoms with Crippen LogP contribution >= 0.6 is 27.5 Å². The number of halogens is 3. The van der Waals surface area contributed by atoms with E-state index in [4.69, 9.17) is 21.1 Å². The van der Waals surface area contributed by atoms with Crippen molar-refractivity contribution >= 4 is 45.4 Å². The lowest BCUT2D eigenvalue weighted by Gasteiger charge is -2.29. The van der Waals surface area contributed by atoms with Crippen LogP contribution in [-0.4, -0.2) is 23.4 Å². The van der Waals surface area contributed by atoms with Crippen molar-refractivity contribution < 1.29 is 23.5 Å². The minimum absolute atomic E-state index is 0.0184. The van der Waals surface area contributed by atoms with E-state index in [1.807, 2.05) is 0 Å². The molecule has 1 rings (SSSR count). The highest BCUT2D eigenvalue weighted by molar-refractivity contribution is 9.10. The molecule has 0 bridgehead atoms. The second-order valence-corrected chi connectivity index (χ2v) is 8.28. The van der Waals surface area contributed by atoms with Crippen molar-refractivity contribution in [1.82, 2.24) is 0 Å². The van der Waals surface area contributed by atoms with Crippen LogP contribution in [0.1, 0.15) is 41.5 Å². The van der Waals surface area contributed by atoms with E-state index >= 15 is 0 Å². The van der Waals surface area contributed by atoms with Gasteiger partial charge in [0.05, 0.1) is 10.7 Å². The van der Waals surface area contributed by atoms with Gasteiger partial charge in [-0.15, -0.1) is 0 Å². The van der Waals surface area contributed by atoms with Crippen LogP contribution in [0.3, 0.4) is 0 Å². The molecule has 0 aliphatic carbocycles. The highest BCUT2D eigenvalue weighted by atomic mass is 79.9. The van der Waals surface area contributed by atoms with E-state index in [0.717, 1.165) is 12.1 Å². The van der Waals surface area contributed by atoms with Gasteiger partial charge in [-0.25, -0.2) is 14.0 Å². The molecule has 0 aliphatic rings. The lowest BCUT2D eigenvalue weighted by Crippen LogP contribution is -2.44. The molecular weight excluding hydrogens is 405 g/mol. The van der Waals surface area contributed by atoms with E-state index in [1.54, 1.807) is 41.5 Å². The molecule has 24 heavy (non-hydrogen) atoms. The minimum atomic E-state index is -0.958. The minimum Gasteiger partial charge on any atom is -0.443 e. The lowest BCUT2D eigenvalue weighted by atomic mass is 10.2. The molecule has 0 saturated heterocycles. The van der Waals surface area contributed by atoms with Crippen molar-refractivity contribution in [2.24, 2.45) is 0 Å². The fourth-order valence-electron chi connectivity index (χ4n) is 1.57. The van der Waals surface area contributed by atoms with E-state index in [9.17, 15) is 14.0 Å². The summed E-state index contributed by atoms with van der Waals surface area (Å²) in [6.45, 7) is 9.95. The van der Waals surface area contributed by atoms with Crippen molar-refractivity contribution in [1.29, 1.82) is 0 Å². The summed E-state index contributed by atoms with van der Waals surface area (Å²) in [7, 11) is 0. The van der Waals surface area contributed by atoms with Gasteiger partial charge in [0.15, 0.2) is 0 Å². The molecule has 8 heteroatoms. The SMILES string of the molecule is CC(C)(C)OC(=O)N(C(=O)OC(C)(C)C)c1cc(Cl)c(F)cc1Br. The van der Waals surface area contributed by atoms with Gasteiger partial charge in [-0.05, 0) is 69.6 Å². The zero-order valence-electron chi connectivity index (χ0n) is 14.4. The molecule has 0 radical (unpaired) electrons. The number of rotatable bonds is 1. The molecule has 5 nitrogen and oxygen atoms in total. The molecule has 1 aromatic rings. The summed E-state index contributed by atoms with van der Waals surface area (Å²) in [5, 5.41) is -0.245. The normalized spacial score (nSPS) is 11.9. The molecule has 1 aromatic carbocycles. The van der Waals surface area contributed by atoms with E-state index in [2.05, 4.69) is 15.9 Å². The Morgan fingerprint density at radius 3 is 1.83 bits per heavy atom. The first kappa shape index (κ1) is 20.7. The van der Waals surface area contributed by atoms with Gasteiger partial charge in [0, 0.05) is 4.47 Å². The molecule has 0 atom stereocenters. The van der Waals surface area contributed by atoms with Crippen molar-refractivity contribution in [3.05, 3.63) is 27.4 Å². The van der Waals surface area contributed by atoms with Crippen LogP contribution in [0, 0.1) is 5.82 Å². The van der Waals surface area contributed by atoms with Gasteiger partial charge < -0.3 is 9.47 Å². The zero-order chi connectivity index (χ0) is 18.9. The maximum absolute atomic E-state index is 13.6. The molecule has 2 amide bonds. The first-order valence-corrected chi connectivity index (χ1v) is 8.29. The van der Waals surface area contributed by atoms with Gasteiger partial charge >= 0.3 is 12.2 Å². The summed E-state index contributed by atoms with van der Waals surface area (Å²) in [6.07, 6.45) is -1.92. The summed E-state index contributed by atoms with van der Waals surface area (Å²) in [4.78, 5) is 25.6. The summed E-state index contributed by atoms with van der Waals surface area (Å²) in [5.74, 6) is -0.694. The Bertz CT molecular complexity index is 625. The number of amides is 2. The molecule has 0 aromatic heterocycles. The maximum atomic E-state index is 13.6. The Labute approximate surface area is 154 Å². The van der Waals surface area contributed by atoms with Crippen molar-refractivity contribution in [3.63, 3.8) is 0 Å². The van der Waals surface area contributed by atoms with Crippen molar-refractivity contribution in [3.8, 4) is 0 Å². The average molecular weight is 425 g/mol. The smallest absolute Gasteiger partial charge is 0.424 e. The van der Waals surface area contributed by atoms with Crippen LogP contribution in [0.5, 0.6) is 0 Å². The standard InChI is InChI=1S/C16H20BrClFNO4/c1-15(2,3)23-13(21)20(14(22)24-16(4,5)6)12-8-10(18)11(19)7-9(12)17/h7-8H,1-6H3. The summed E-state index contributed by atoms with van der Waals surface area (Å²) in [5.41, 5.74) is -1.66. The number of anilines is 1. The van der Waals surface area contributed by atoms with E-state index in [1.165, 1.54) is 0 Å². The molecule has 0 unspecified atom stereocenters. The van der Waals surface area contributed by atoms with Gasteiger partial charge in [-0.3, -0.25) is 0 Å². The Balaban J connectivity index is 3.36. The predicted octanol–water partition coefficient (Wildman–Crippen LogP) is 5.92. The fraction of sp³-hybridized carbons (Fsp3) is 0.500. The third-order valence-corrected chi connectivity index (χ3v) is 3.31. The summed E-state index contributed by atoms with van der Waals surface area (Å²) < 4.78 is 24.2. The highest BCUT2D eigenvalue weighted by Gasteiger charge is 2.34. The Hall–Kier alpha value is -1.34. The number of hydrogen-bond acceptors (Lipinski definition) is 4. The second-order valence-electron chi connectivity index (χ2n) is 7.01. The highest BCUT2D eigenvalue weighted by Crippen LogP contribution is 2.33. The Morgan fingerprint density at radius 1 is 1.04 bits per heavy atom. The third kappa shape index (κ3) is 5.94. The molecule has 134 valence electrons. The number of nitrogens with zero attached hydrogens (tertiary/aromatic N) is 1. The number of hydrogen-bond donors (Lipinski definition) is 0. The molecule has 0 aliphatic heterocycles. The molecule has 0 heterocycles. The van der Waals surface area contributed by atoms with Crippen LogP contribution in [0.25, 0.3) is 0 Å². The molecule has 0 saturated carbocycles. The second kappa shape index (κ2) is 7.27. The van der Waals surface area contributed by atoms with Gasteiger partial charge in [-0.1, -0.05) is 11.6 Å². The quantitative estimate of drug-likeness (QED) is 0.525. The number of benzene rings is 1. The van der Waals surface area contributed by atoms with Crippen molar-refractivity contribution in [2.45, 2.75) is 52.7 Å². The van der Waals surface area contributed by atoms with Gasteiger partial charge in [0.1, 0.15) is 17.0 Å². The largest absolute Gasteiger partial charge is 0.443 e. The van der Waals surface area contributed by atoms with Crippen LogP contribution in [0.4, 0.5) is 19.7 Å². The van der Waals surface area contributed by atoms with Crippen LogP contribution < -0.4 is 4.90 Å². The predicted molar refractivity (Wildman–Crippen MR) is 94.1 cm³/mol. The first-order chi connectivity index (χ1) is 10.7. The number of ether oxygens (including phenoxy) is 2. The Morgan fingerprint density at radius 2 is 1.46 bits per heavy atom. The molecular formula is C16H20BrClFNO4. The van der Waals surface area contributed by atoms with Crippen molar-refractivity contribution in [2.75, 3.05) is 4.90 Å². The number of imide groups is 1. The van der Waals surface area contributed by atoms with E-state index < -0.39 is 29.2 Å². The fourth-order valence-corrected chi connectivity index (χ4v) is 2.22. The number of carbonyl (C=O) groups excluding carboxylic acids is 2. The van der Waals surface area contributed by atoms with Crippen LogP contribution in [0.2, 0.25) is 5.02 Å². The van der Waals surface area contributed by atoms with Gasteiger partial charge in [0.2, 0.25) is 0 Å². The monoisotopic (exact) mass is 423 g/mol. The molecule has 0 fully saturated rings. The van der Waals surface area contributed by atoms with Gasteiger partial charge in [0.25, 0.3) is 0 Å². The average Bonchev–Trinajstić information content (AvgIpc) is 2.31. The molecule has 0 spiro atoms. The lowest BCUT2D eigenvalue weighted by molar-refractivity contribution is 0.0430. The maximum Gasteiger partial charge on any atom is 0.424 e.